The van der Waals surface area contributed by atoms with Gasteiger partial charge in [-0.25, -0.2) is 4.39 Å². The minimum atomic E-state index is -3.62. The summed E-state index contributed by atoms with van der Waals surface area (Å²) < 4.78 is 40.8. The van der Waals surface area contributed by atoms with Crippen LogP contribution in [0.3, 0.4) is 0 Å². The van der Waals surface area contributed by atoms with E-state index in [2.05, 4.69) is 4.72 Å². The molecule has 0 atom stereocenters. The average molecular weight is 387 g/mol. The van der Waals surface area contributed by atoms with E-state index in [0.29, 0.717) is 28.8 Å². The van der Waals surface area contributed by atoms with Gasteiger partial charge in [-0.1, -0.05) is 0 Å². The second-order valence-electron chi connectivity index (χ2n) is 3.70. The van der Waals surface area contributed by atoms with Crippen LogP contribution >= 0.6 is 22.6 Å². The lowest BCUT2D eigenvalue weighted by Crippen LogP contribution is -2.34. The number of nitrogens with one attached hydrogen (secondary N) is 1. The van der Waals surface area contributed by atoms with Crippen molar-refractivity contribution in [2.24, 2.45) is 5.73 Å². The first-order valence-corrected chi connectivity index (χ1v) is 7.78. The Morgan fingerprint density at radius 1 is 1.50 bits per heavy atom. The third-order valence-corrected chi connectivity index (χ3v) is 4.63. The van der Waals surface area contributed by atoms with E-state index in [4.69, 9.17) is 5.73 Å². The summed E-state index contributed by atoms with van der Waals surface area (Å²) >= 11 is 1.87. The topological polar surface area (TPSA) is 75.4 Å². The molecule has 0 fully saturated rings. The zero-order chi connectivity index (χ0) is 13.8. The number of benzene rings is 1. The largest absolute Gasteiger partial charge is 0.330 e. The molecule has 0 spiro atoms. The minimum absolute atomic E-state index is 0.337. The Hall–Kier alpha value is -0.450. The van der Waals surface area contributed by atoms with Gasteiger partial charge in [0.05, 0.1) is 5.69 Å². The average Bonchev–Trinajstić information content (AvgIpc) is 2.29. The first-order valence-electron chi connectivity index (χ1n) is 5.26. The van der Waals surface area contributed by atoms with Crippen LogP contribution in [0, 0.1) is 9.39 Å². The Balaban J connectivity index is 2.82. The van der Waals surface area contributed by atoms with Crippen LogP contribution in [0.2, 0.25) is 0 Å². The Labute approximate surface area is 120 Å². The molecule has 5 nitrogen and oxygen atoms in total. The maximum Gasteiger partial charge on any atom is 0.301 e. The van der Waals surface area contributed by atoms with E-state index in [-0.39, 0.29) is 0 Å². The van der Waals surface area contributed by atoms with Crippen LogP contribution in [0.15, 0.2) is 18.2 Å². The smallest absolute Gasteiger partial charge is 0.301 e. The molecule has 0 bridgehead atoms. The number of hydrogen-bond acceptors (Lipinski definition) is 3. The van der Waals surface area contributed by atoms with Crippen molar-refractivity contribution >= 4 is 38.5 Å². The van der Waals surface area contributed by atoms with E-state index >= 15 is 0 Å². The summed E-state index contributed by atoms with van der Waals surface area (Å²) in [5, 5.41) is 0. The van der Waals surface area contributed by atoms with Gasteiger partial charge in [0, 0.05) is 17.2 Å². The van der Waals surface area contributed by atoms with Gasteiger partial charge in [-0.3, -0.25) is 4.72 Å². The zero-order valence-electron chi connectivity index (χ0n) is 9.86. The standard InChI is InChI=1S/C10H15FIN3O2S/c1-15(6-2-5-13)18(16,17)14-10-4-3-8(11)7-9(10)12/h3-4,7,14H,2,5-6,13H2,1H3. The molecule has 0 saturated heterocycles. The van der Waals surface area contributed by atoms with Crippen molar-refractivity contribution in [3.63, 3.8) is 0 Å². The fraction of sp³-hybridized carbons (Fsp3) is 0.400. The van der Waals surface area contributed by atoms with Crippen LogP contribution in [0.1, 0.15) is 6.42 Å². The van der Waals surface area contributed by atoms with Gasteiger partial charge in [0.25, 0.3) is 0 Å². The summed E-state index contributed by atoms with van der Waals surface area (Å²) in [5.74, 6) is -0.404. The van der Waals surface area contributed by atoms with Crippen molar-refractivity contribution in [3.05, 3.63) is 27.6 Å². The number of nitrogens with two attached hydrogens (primary N) is 1. The van der Waals surface area contributed by atoms with Gasteiger partial charge in [0.15, 0.2) is 0 Å². The molecule has 1 aromatic rings. The highest BCUT2D eigenvalue weighted by atomic mass is 127. The Morgan fingerprint density at radius 2 is 2.17 bits per heavy atom. The van der Waals surface area contributed by atoms with Crippen LogP contribution in [-0.2, 0) is 10.2 Å². The van der Waals surface area contributed by atoms with Gasteiger partial charge < -0.3 is 5.73 Å². The highest BCUT2D eigenvalue weighted by molar-refractivity contribution is 14.1. The number of rotatable bonds is 6. The maximum atomic E-state index is 12.9. The van der Waals surface area contributed by atoms with Crippen molar-refractivity contribution < 1.29 is 12.8 Å². The van der Waals surface area contributed by atoms with Gasteiger partial charge in [-0.2, -0.15) is 12.7 Å². The molecule has 0 radical (unpaired) electrons. The summed E-state index contributed by atoms with van der Waals surface area (Å²) in [6.45, 7) is 0.761. The van der Waals surface area contributed by atoms with E-state index in [9.17, 15) is 12.8 Å². The first kappa shape index (κ1) is 15.6. The minimum Gasteiger partial charge on any atom is -0.330 e. The first-order chi connectivity index (χ1) is 8.36. The number of nitrogens with zero attached hydrogens (tertiary/aromatic N) is 1. The molecule has 0 amide bonds. The van der Waals surface area contributed by atoms with Crippen LogP contribution in [0.4, 0.5) is 10.1 Å². The van der Waals surface area contributed by atoms with E-state index in [0.717, 1.165) is 0 Å². The van der Waals surface area contributed by atoms with Crippen molar-refractivity contribution in [1.29, 1.82) is 0 Å². The SMILES string of the molecule is CN(CCCN)S(=O)(=O)Nc1ccc(F)cc1I. The quantitative estimate of drug-likeness (QED) is 0.725. The summed E-state index contributed by atoms with van der Waals surface area (Å²) in [4.78, 5) is 0. The lowest BCUT2D eigenvalue weighted by Gasteiger charge is -2.18. The normalized spacial score (nSPS) is 11.8. The number of anilines is 1. The van der Waals surface area contributed by atoms with E-state index in [1.54, 1.807) is 0 Å². The molecule has 0 saturated carbocycles. The van der Waals surface area contributed by atoms with Crippen molar-refractivity contribution in [2.75, 3.05) is 24.9 Å². The number of hydrogen-bond donors (Lipinski definition) is 2. The van der Waals surface area contributed by atoms with Gasteiger partial charge >= 0.3 is 10.2 Å². The van der Waals surface area contributed by atoms with E-state index in [1.807, 2.05) is 22.6 Å². The van der Waals surface area contributed by atoms with Crippen molar-refractivity contribution in [2.45, 2.75) is 6.42 Å². The Kier molecular flexibility index (Phi) is 5.76. The number of halogens is 2. The van der Waals surface area contributed by atoms with Gasteiger partial charge in [-0.15, -0.1) is 0 Å². The molecular weight excluding hydrogens is 372 g/mol. The molecule has 102 valence electrons. The second kappa shape index (κ2) is 6.64. The maximum absolute atomic E-state index is 12.9. The van der Waals surface area contributed by atoms with Crippen LogP contribution in [0.25, 0.3) is 0 Å². The van der Waals surface area contributed by atoms with Crippen molar-refractivity contribution in [1.82, 2.24) is 4.31 Å². The molecule has 0 aliphatic rings. The molecule has 1 rings (SSSR count). The predicted octanol–water partition coefficient (Wildman–Crippen LogP) is 1.37. The zero-order valence-corrected chi connectivity index (χ0v) is 12.8. The third-order valence-electron chi connectivity index (χ3n) is 2.26. The summed E-state index contributed by atoms with van der Waals surface area (Å²) in [5.41, 5.74) is 5.69. The molecule has 0 aliphatic heterocycles. The highest BCUT2D eigenvalue weighted by Gasteiger charge is 2.18. The summed E-state index contributed by atoms with van der Waals surface area (Å²) in [6.07, 6.45) is 0.581. The molecule has 8 heteroatoms. The fourth-order valence-electron chi connectivity index (χ4n) is 1.22. The molecule has 0 unspecified atom stereocenters. The Bertz CT molecular complexity index is 510. The molecule has 1 aromatic carbocycles. The molecular formula is C10H15FIN3O2S. The second-order valence-corrected chi connectivity index (χ2v) is 6.63. The molecule has 0 aromatic heterocycles. The molecule has 3 N–H and O–H groups in total. The lowest BCUT2D eigenvalue weighted by molar-refractivity contribution is 0.468. The Morgan fingerprint density at radius 3 is 2.72 bits per heavy atom. The van der Waals surface area contributed by atoms with Crippen LogP contribution in [0.5, 0.6) is 0 Å². The van der Waals surface area contributed by atoms with Gasteiger partial charge in [-0.05, 0) is 53.8 Å². The molecule has 0 heterocycles. The van der Waals surface area contributed by atoms with E-state index < -0.39 is 16.0 Å². The van der Waals surface area contributed by atoms with Crippen LogP contribution < -0.4 is 10.5 Å². The van der Waals surface area contributed by atoms with Gasteiger partial charge in [0.1, 0.15) is 5.82 Å². The van der Waals surface area contributed by atoms with Gasteiger partial charge in [0.2, 0.25) is 0 Å². The summed E-state index contributed by atoms with van der Waals surface area (Å²) in [7, 11) is -2.15. The summed E-state index contributed by atoms with van der Waals surface area (Å²) in [6, 6.07) is 3.86. The van der Waals surface area contributed by atoms with Crippen LogP contribution in [-0.4, -0.2) is 32.9 Å². The van der Waals surface area contributed by atoms with E-state index in [1.165, 1.54) is 29.6 Å². The lowest BCUT2D eigenvalue weighted by atomic mass is 10.3. The molecule has 0 aliphatic carbocycles. The van der Waals surface area contributed by atoms with Crippen molar-refractivity contribution in [3.8, 4) is 0 Å². The highest BCUT2D eigenvalue weighted by Crippen LogP contribution is 2.20. The predicted molar refractivity (Wildman–Crippen MR) is 78.0 cm³/mol. The monoisotopic (exact) mass is 387 g/mol. The fourth-order valence-corrected chi connectivity index (χ4v) is 3.00. The molecule has 18 heavy (non-hydrogen) atoms. The third kappa shape index (κ3) is 4.34.